The molecule has 0 aliphatic carbocycles. The van der Waals surface area contributed by atoms with Gasteiger partial charge in [-0.25, -0.2) is 0 Å². The van der Waals surface area contributed by atoms with Crippen molar-refractivity contribution in [3.63, 3.8) is 0 Å². The number of aromatic nitrogens is 1. The van der Waals surface area contributed by atoms with Crippen LogP contribution >= 0.6 is 22.7 Å². The van der Waals surface area contributed by atoms with Crippen LogP contribution in [0, 0.1) is 0 Å². The van der Waals surface area contributed by atoms with E-state index in [0.717, 1.165) is 0 Å². The molecular weight excluding hydrogens is 583 g/mol. The molecule has 0 aliphatic rings. The quantitative estimate of drug-likeness (QED) is 0.188. The molecule has 3 heteroatoms. The summed E-state index contributed by atoms with van der Waals surface area (Å²) in [5.74, 6) is 0. The first-order valence-corrected chi connectivity index (χ1v) is 16.9. The fourth-order valence-corrected chi connectivity index (χ4v) is 9.37. The zero-order valence-electron chi connectivity index (χ0n) is 24.2. The Morgan fingerprint density at radius 3 is 1.84 bits per heavy atom. The first kappa shape index (κ1) is 25.1. The highest BCUT2D eigenvalue weighted by atomic mass is 32.1. The minimum absolute atomic E-state index is 1.20. The fraction of sp³-hybridized carbons (Fsp3) is 0. The van der Waals surface area contributed by atoms with Crippen LogP contribution in [0.5, 0.6) is 0 Å². The molecule has 1 nitrogen and oxygen atoms in total. The Balaban J connectivity index is 1.07. The van der Waals surface area contributed by atoms with E-state index in [4.69, 9.17) is 0 Å². The van der Waals surface area contributed by atoms with Gasteiger partial charge in [0.15, 0.2) is 0 Å². The summed E-state index contributed by atoms with van der Waals surface area (Å²) >= 11 is 3.78. The van der Waals surface area contributed by atoms with Crippen LogP contribution in [-0.4, -0.2) is 4.57 Å². The Bertz CT molecular complexity index is 2740. The Morgan fingerprint density at radius 2 is 1.02 bits per heavy atom. The molecule has 3 heterocycles. The molecule has 0 atom stereocenters. The van der Waals surface area contributed by atoms with Crippen molar-refractivity contribution in [1.29, 1.82) is 0 Å². The van der Waals surface area contributed by atoms with Gasteiger partial charge >= 0.3 is 0 Å². The summed E-state index contributed by atoms with van der Waals surface area (Å²) in [6.45, 7) is 0. The predicted octanol–water partition coefficient (Wildman–Crippen LogP) is 12.9. The van der Waals surface area contributed by atoms with E-state index in [1.165, 1.54) is 90.1 Å². The molecule has 45 heavy (non-hydrogen) atoms. The van der Waals surface area contributed by atoms with Crippen LogP contribution in [0.25, 0.3) is 90.1 Å². The van der Waals surface area contributed by atoms with E-state index >= 15 is 0 Å². The molecule has 0 aliphatic heterocycles. The van der Waals surface area contributed by atoms with Gasteiger partial charge in [-0.2, -0.15) is 0 Å². The number of hydrogen-bond donors (Lipinski definition) is 0. The highest BCUT2D eigenvalue weighted by Gasteiger charge is 2.18. The van der Waals surface area contributed by atoms with Gasteiger partial charge in [-0.1, -0.05) is 103 Å². The van der Waals surface area contributed by atoms with Gasteiger partial charge < -0.3 is 4.57 Å². The van der Waals surface area contributed by atoms with Gasteiger partial charge in [0.2, 0.25) is 0 Å². The van der Waals surface area contributed by atoms with Gasteiger partial charge in [0.1, 0.15) is 0 Å². The Morgan fingerprint density at radius 1 is 0.378 bits per heavy atom. The third-order valence-electron chi connectivity index (χ3n) is 9.18. The number of rotatable bonds is 3. The largest absolute Gasteiger partial charge is 0.308 e. The van der Waals surface area contributed by atoms with Crippen molar-refractivity contribution >= 4 is 84.8 Å². The lowest BCUT2D eigenvalue weighted by Gasteiger charge is -2.09. The van der Waals surface area contributed by atoms with Crippen molar-refractivity contribution < 1.29 is 0 Å². The lowest BCUT2D eigenvalue weighted by molar-refractivity contribution is 1.19. The second kappa shape index (κ2) is 9.64. The van der Waals surface area contributed by atoms with E-state index in [2.05, 4.69) is 156 Å². The van der Waals surface area contributed by atoms with Crippen molar-refractivity contribution in [3.05, 3.63) is 152 Å². The van der Waals surface area contributed by atoms with E-state index in [0.29, 0.717) is 0 Å². The van der Waals surface area contributed by atoms with Crippen LogP contribution in [-0.2, 0) is 0 Å². The average Bonchev–Trinajstić information content (AvgIpc) is 3.75. The van der Waals surface area contributed by atoms with Crippen LogP contribution < -0.4 is 0 Å². The molecule has 7 aromatic carbocycles. The normalized spacial score (nSPS) is 12.0. The number of hydrogen-bond acceptors (Lipinski definition) is 2. The number of thiophene rings is 2. The molecule has 0 bridgehead atoms. The summed E-state index contributed by atoms with van der Waals surface area (Å²) in [5, 5.41) is 7.90. The van der Waals surface area contributed by atoms with Crippen molar-refractivity contribution in [2.75, 3.05) is 0 Å². The molecule has 210 valence electrons. The predicted molar refractivity (Wildman–Crippen MR) is 197 cm³/mol. The number of fused-ring (bicyclic) bond motifs is 9. The van der Waals surface area contributed by atoms with E-state index in [1.54, 1.807) is 0 Å². The molecule has 0 saturated carbocycles. The molecule has 3 aromatic heterocycles. The second-order valence-corrected chi connectivity index (χ2v) is 13.9. The van der Waals surface area contributed by atoms with Crippen molar-refractivity contribution in [3.8, 4) is 27.9 Å². The summed E-state index contributed by atoms with van der Waals surface area (Å²) in [5.41, 5.74) is 8.72. The van der Waals surface area contributed by atoms with Crippen molar-refractivity contribution in [2.45, 2.75) is 0 Å². The first-order valence-electron chi connectivity index (χ1n) is 15.3. The Hall–Kier alpha value is -5.22. The number of benzene rings is 7. The summed E-state index contributed by atoms with van der Waals surface area (Å²) in [6, 6.07) is 55.8. The maximum absolute atomic E-state index is 2.43. The van der Waals surface area contributed by atoms with E-state index in [-0.39, 0.29) is 0 Å². The highest BCUT2D eigenvalue weighted by molar-refractivity contribution is 7.27. The van der Waals surface area contributed by atoms with Crippen LogP contribution in [0.2, 0.25) is 0 Å². The molecule has 0 unspecified atom stereocenters. The number of para-hydroxylation sites is 2. The monoisotopic (exact) mass is 607 g/mol. The smallest absolute Gasteiger partial charge is 0.0727 e. The van der Waals surface area contributed by atoms with Crippen molar-refractivity contribution in [2.24, 2.45) is 0 Å². The average molecular weight is 608 g/mol. The van der Waals surface area contributed by atoms with Gasteiger partial charge in [-0.05, 0) is 81.6 Å². The lowest BCUT2D eigenvalue weighted by atomic mass is 9.98. The molecule has 0 fully saturated rings. The molecule has 0 amide bonds. The minimum Gasteiger partial charge on any atom is -0.308 e. The summed E-state index contributed by atoms with van der Waals surface area (Å²) in [7, 11) is 0. The standard InChI is InChI=1S/C42H25NS2/c1-2-10-32(11-3-1)43-37-13-7-6-12-34(37)42-41(43)36-23-30(19-21-38(36)45-42)26-14-16-27(17-15-26)31-18-20-33-35-22-28-8-4-5-9-29(28)24-40(35)44-39(33)25-31/h1-25H. The Labute approximate surface area is 267 Å². The van der Waals surface area contributed by atoms with Gasteiger partial charge in [-0.15, -0.1) is 22.7 Å². The van der Waals surface area contributed by atoms with Crippen molar-refractivity contribution in [1.82, 2.24) is 4.57 Å². The van der Waals surface area contributed by atoms with Gasteiger partial charge in [0.25, 0.3) is 0 Å². The molecule has 10 rings (SSSR count). The SMILES string of the molecule is c1ccc(-n2c3ccccc3c3sc4ccc(-c5ccc(-c6ccc7c(c6)sc6cc8ccccc8cc67)cc5)cc4c32)cc1. The second-order valence-electron chi connectivity index (χ2n) is 11.8. The summed E-state index contributed by atoms with van der Waals surface area (Å²) in [6.07, 6.45) is 0. The third kappa shape index (κ3) is 3.85. The van der Waals surface area contributed by atoms with Crippen LogP contribution in [0.3, 0.4) is 0 Å². The molecule has 0 radical (unpaired) electrons. The zero-order chi connectivity index (χ0) is 29.5. The van der Waals surface area contributed by atoms with E-state index in [9.17, 15) is 0 Å². The Kier molecular flexibility index (Phi) is 5.39. The highest BCUT2D eigenvalue weighted by Crippen LogP contribution is 2.44. The molecule has 10 aromatic rings. The molecule has 0 saturated heterocycles. The van der Waals surface area contributed by atoms with E-state index in [1.807, 2.05) is 22.7 Å². The van der Waals surface area contributed by atoms with Crippen LogP contribution in [0.1, 0.15) is 0 Å². The van der Waals surface area contributed by atoms with Crippen LogP contribution in [0.15, 0.2) is 152 Å². The summed E-state index contributed by atoms with van der Waals surface area (Å²) < 4.78 is 7.79. The maximum atomic E-state index is 2.43. The minimum atomic E-state index is 1.20. The first-order chi connectivity index (χ1) is 22.3. The number of nitrogens with zero attached hydrogens (tertiary/aromatic N) is 1. The van der Waals surface area contributed by atoms with Gasteiger partial charge in [-0.3, -0.25) is 0 Å². The van der Waals surface area contributed by atoms with Gasteiger partial charge in [0, 0.05) is 41.3 Å². The van der Waals surface area contributed by atoms with E-state index < -0.39 is 0 Å². The summed E-state index contributed by atoms with van der Waals surface area (Å²) in [4.78, 5) is 0. The fourth-order valence-electron chi connectivity index (χ4n) is 6.99. The lowest BCUT2D eigenvalue weighted by Crippen LogP contribution is -1.92. The zero-order valence-corrected chi connectivity index (χ0v) is 25.8. The maximum Gasteiger partial charge on any atom is 0.0727 e. The topological polar surface area (TPSA) is 4.93 Å². The van der Waals surface area contributed by atoms with Crippen LogP contribution in [0.4, 0.5) is 0 Å². The van der Waals surface area contributed by atoms with Gasteiger partial charge in [0.05, 0.1) is 15.7 Å². The third-order valence-corrected chi connectivity index (χ3v) is 11.5. The molecule has 0 spiro atoms. The molecular formula is C42H25NS2. The molecule has 0 N–H and O–H groups in total.